The first-order chi connectivity index (χ1) is 5.27. The summed E-state index contributed by atoms with van der Waals surface area (Å²) in [6, 6.07) is 3.39. The second-order valence-corrected chi connectivity index (χ2v) is 2.11. The van der Waals surface area contributed by atoms with Crippen LogP contribution < -0.4 is 0 Å². The number of hydrogen-bond acceptors (Lipinski definition) is 3. The average Bonchev–Trinajstić information content (AvgIpc) is 2.50. The van der Waals surface area contributed by atoms with Gasteiger partial charge in [-0.2, -0.15) is 0 Å². The van der Waals surface area contributed by atoms with E-state index in [4.69, 9.17) is 4.42 Å². The molecule has 0 aliphatic carbocycles. The molecule has 0 saturated heterocycles. The maximum absolute atomic E-state index is 10.8. The van der Waals surface area contributed by atoms with Crippen molar-refractivity contribution in [2.75, 3.05) is 7.11 Å². The summed E-state index contributed by atoms with van der Waals surface area (Å²) < 4.78 is 9.57. The first-order valence-corrected chi connectivity index (χ1v) is 3.45. The molecule has 1 aromatic heterocycles. The molecule has 3 nitrogen and oxygen atoms in total. The van der Waals surface area contributed by atoms with Gasteiger partial charge in [-0.05, 0) is 12.1 Å². The van der Waals surface area contributed by atoms with Gasteiger partial charge in [-0.15, -0.1) is 0 Å². The minimum Gasteiger partial charge on any atom is -0.463 e. The summed E-state index contributed by atoms with van der Waals surface area (Å²) >= 11 is 0. The Hall–Kier alpha value is -1.25. The van der Waals surface area contributed by atoms with Gasteiger partial charge >= 0.3 is 5.97 Å². The lowest BCUT2D eigenvalue weighted by Crippen LogP contribution is -1.98. The van der Waals surface area contributed by atoms with Gasteiger partial charge in [-0.3, -0.25) is 0 Å². The zero-order chi connectivity index (χ0) is 8.27. The van der Waals surface area contributed by atoms with Crippen molar-refractivity contribution in [2.24, 2.45) is 0 Å². The third-order valence-electron chi connectivity index (χ3n) is 1.40. The fraction of sp³-hybridized carbons (Fsp3) is 0.375. The van der Waals surface area contributed by atoms with E-state index in [0.717, 1.165) is 12.2 Å². The van der Waals surface area contributed by atoms with Crippen molar-refractivity contribution in [3.63, 3.8) is 0 Å². The zero-order valence-corrected chi connectivity index (χ0v) is 6.59. The number of furan rings is 1. The van der Waals surface area contributed by atoms with E-state index in [0.29, 0.717) is 0 Å². The molecule has 0 unspecified atom stereocenters. The van der Waals surface area contributed by atoms with Gasteiger partial charge in [0.1, 0.15) is 5.76 Å². The standard InChI is InChI=1S/C8H10O3/c1-3-6-4-5-7(11-6)8(9)10-2/h4-5H,3H2,1-2H3. The lowest BCUT2D eigenvalue weighted by Gasteiger charge is -1.92. The molecule has 0 bridgehead atoms. The van der Waals surface area contributed by atoms with E-state index in [1.807, 2.05) is 6.92 Å². The molecule has 1 heterocycles. The van der Waals surface area contributed by atoms with Gasteiger partial charge in [0, 0.05) is 6.42 Å². The van der Waals surface area contributed by atoms with E-state index < -0.39 is 5.97 Å². The molecular formula is C8H10O3. The van der Waals surface area contributed by atoms with Crippen LogP contribution in [-0.4, -0.2) is 13.1 Å². The Labute approximate surface area is 65.0 Å². The van der Waals surface area contributed by atoms with E-state index in [1.54, 1.807) is 12.1 Å². The van der Waals surface area contributed by atoms with Crippen molar-refractivity contribution in [3.05, 3.63) is 23.7 Å². The Morgan fingerprint density at radius 2 is 2.36 bits per heavy atom. The average molecular weight is 154 g/mol. The monoisotopic (exact) mass is 154 g/mol. The van der Waals surface area contributed by atoms with Crippen molar-refractivity contribution in [3.8, 4) is 0 Å². The SMILES string of the molecule is CCc1ccc(C(=O)OC)o1. The van der Waals surface area contributed by atoms with Crippen LogP contribution in [0.25, 0.3) is 0 Å². The molecular weight excluding hydrogens is 144 g/mol. The van der Waals surface area contributed by atoms with Crippen molar-refractivity contribution < 1.29 is 13.9 Å². The van der Waals surface area contributed by atoms with Crippen LogP contribution in [0.3, 0.4) is 0 Å². The van der Waals surface area contributed by atoms with Crippen molar-refractivity contribution >= 4 is 5.97 Å². The molecule has 11 heavy (non-hydrogen) atoms. The molecule has 60 valence electrons. The second-order valence-electron chi connectivity index (χ2n) is 2.11. The lowest BCUT2D eigenvalue weighted by atomic mass is 10.4. The van der Waals surface area contributed by atoms with E-state index in [2.05, 4.69) is 4.74 Å². The highest BCUT2D eigenvalue weighted by Crippen LogP contribution is 2.08. The van der Waals surface area contributed by atoms with Crippen molar-refractivity contribution in [1.82, 2.24) is 0 Å². The fourth-order valence-electron chi connectivity index (χ4n) is 0.778. The summed E-state index contributed by atoms with van der Waals surface area (Å²) in [7, 11) is 1.33. The first-order valence-electron chi connectivity index (χ1n) is 3.45. The van der Waals surface area contributed by atoms with Gasteiger partial charge in [0.25, 0.3) is 0 Å². The van der Waals surface area contributed by atoms with Crippen LogP contribution in [0, 0.1) is 0 Å². The Kier molecular flexibility index (Phi) is 2.31. The van der Waals surface area contributed by atoms with E-state index in [1.165, 1.54) is 7.11 Å². The van der Waals surface area contributed by atoms with Crippen LogP contribution >= 0.6 is 0 Å². The van der Waals surface area contributed by atoms with Gasteiger partial charge in [0.2, 0.25) is 5.76 Å². The summed E-state index contributed by atoms with van der Waals surface area (Å²) in [5.41, 5.74) is 0. The largest absolute Gasteiger partial charge is 0.463 e. The van der Waals surface area contributed by atoms with Crippen LogP contribution in [0.2, 0.25) is 0 Å². The number of carbonyl (C=O) groups excluding carboxylic acids is 1. The summed E-state index contributed by atoms with van der Waals surface area (Å²) in [5, 5.41) is 0. The summed E-state index contributed by atoms with van der Waals surface area (Å²) in [6.45, 7) is 1.96. The molecule has 0 aliphatic rings. The molecule has 0 aromatic carbocycles. The molecule has 0 amide bonds. The number of aryl methyl sites for hydroxylation is 1. The van der Waals surface area contributed by atoms with Crippen LogP contribution in [-0.2, 0) is 11.2 Å². The number of rotatable bonds is 2. The van der Waals surface area contributed by atoms with Gasteiger partial charge in [0.15, 0.2) is 0 Å². The normalized spacial score (nSPS) is 9.64. The first kappa shape index (κ1) is 7.85. The summed E-state index contributed by atoms with van der Waals surface area (Å²) in [4.78, 5) is 10.8. The highest BCUT2D eigenvalue weighted by molar-refractivity contribution is 5.86. The molecule has 0 N–H and O–H groups in total. The lowest BCUT2D eigenvalue weighted by molar-refractivity contribution is 0.0563. The van der Waals surface area contributed by atoms with Gasteiger partial charge < -0.3 is 9.15 Å². The molecule has 0 fully saturated rings. The molecule has 0 atom stereocenters. The zero-order valence-electron chi connectivity index (χ0n) is 6.59. The summed E-state index contributed by atoms with van der Waals surface area (Å²) in [5.74, 6) is 0.638. The predicted octanol–water partition coefficient (Wildman–Crippen LogP) is 1.63. The number of hydrogen-bond donors (Lipinski definition) is 0. The molecule has 3 heteroatoms. The predicted molar refractivity (Wildman–Crippen MR) is 39.4 cm³/mol. The van der Waals surface area contributed by atoms with Gasteiger partial charge in [-0.1, -0.05) is 6.92 Å². The third kappa shape index (κ3) is 1.61. The fourth-order valence-corrected chi connectivity index (χ4v) is 0.778. The van der Waals surface area contributed by atoms with E-state index >= 15 is 0 Å². The van der Waals surface area contributed by atoms with Crippen LogP contribution in [0.15, 0.2) is 16.5 Å². The smallest absolute Gasteiger partial charge is 0.373 e. The Morgan fingerprint density at radius 3 is 2.82 bits per heavy atom. The van der Waals surface area contributed by atoms with Crippen LogP contribution in [0.4, 0.5) is 0 Å². The maximum atomic E-state index is 10.8. The quantitative estimate of drug-likeness (QED) is 0.608. The van der Waals surface area contributed by atoms with Crippen LogP contribution in [0.1, 0.15) is 23.2 Å². The van der Waals surface area contributed by atoms with Crippen LogP contribution in [0.5, 0.6) is 0 Å². The third-order valence-corrected chi connectivity index (χ3v) is 1.40. The number of carbonyl (C=O) groups is 1. The maximum Gasteiger partial charge on any atom is 0.373 e. The Morgan fingerprint density at radius 1 is 1.64 bits per heavy atom. The number of esters is 1. The van der Waals surface area contributed by atoms with E-state index in [-0.39, 0.29) is 5.76 Å². The van der Waals surface area contributed by atoms with Crippen molar-refractivity contribution in [1.29, 1.82) is 0 Å². The molecule has 1 aromatic rings. The Bertz CT molecular complexity index is 250. The van der Waals surface area contributed by atoms with Crippen molar-refractivity contribution in [2.45, 2.75) is 13.3 Å². The molecule has 0 spiro atoms. The Balaban J connectivity index is 2.80. The minimum absolute atomic E-state index is 0.268. The molecule has 0 saturated carbocycles. The highest BCUT2D eigenvalue weighted by atomic mass is 16.5. The summed E-state index contributed by atoms with van der Waals surface area (Å²) in [6.07, 6.45) is 0.789. The van der Waals surface area contributed by atoms with E-state index in [9.17, 15) is 4.79 Å². The molecule has 0 aliphatic heterocycles. The molecule has 1 rings (SSSR count). The topological polar surface area (TPSA) is 39.4 Å². The minimum atomic E-state index is -0.426. The second kappa shape index (κ2) is 3.23. The molecule has 0 radical (unpaired) electrons. The number of ether oxygens (including phenoxy) is 1. The van der Waals surface area contributed by atoms with Gasteiger partial charge in [-0.25, -0.2) is 4.79 Å². The number of methoxy groups -OCH3 is 1. The van der Waals surface area contributed by atoms with Gasteiger partial charge in [0.05, 0.1) is 7.11 Å². The highest BCUT2D eigenvalue weighted by Gasteiger charge is 2.09.